The molecule has 0 aliphatic heterocycles. The van der Waals surface area contributed by atoms with E-state index in [-0.39, 0.29) is 17.1 Å². The molecule has 1 atom stereocenters. The molecule has 35 heavy (non-hydrogen) atoms. The van der Waals surface area contributed by atoms with E-state index < -0.39 is 0 Å². The number of hydrogen-bond acceptors (Lipinski definition) is 4. The molecule has 0 aromatic heterocycles. The fourth-order valence-electron chi connectivity index (χ4n) is 3.38. The summed E-state index contributed by atoms with van der Waals surface area (Å²) in [5.74, 6) is 1.22. The Hall–Kier alpha value is -4.03. The van der Waals surface area contributed by atoms with Gasteiger partial charge in [-0.1, -0.05) is 36.4 Å². The Morgan fingerprint density at radius 1 is 0.714 bits per heavy atom. The zero-order valence-corrected chi connectivity index (χ0v) is 20.3. The number of amides is 2. The molecule has 0 aliphatic carbocycles. The number of hydrogen-bond donors (Lipinski definition) is 2. The minimum Gasteiger partial charge on any atom is -0.457 e. The van der Waals surface area contributed by atoms with Gasteiger partial charge in [0.2, 0.25) is 5.91 Å². The molecule has 2 amide bonds. The normalized spacial score (nSPS) is 11.4. The van der Waals surface area contributed by atoms with Crippen molar-refractivity contribution in [2.24, 2.45) is 0 Å². The number of benzene rings is 4. The van der Waals surface area contributed by atoms with Gasteiger partial charge in [0.15, 0.2) is 0 Å². The van der Waals surface area contributed by atoms with Crippen LogP contribution in [0.25, 0.3) is 0 Å². The third-order valence-corrected chi connectivity index (χ3v) is 6.40. The predicted octanol–water partition coefficient (Wildman–Crippen LogP) is 7.16. The van der Waals surface area contributed by atoms with Crippen molar-refractivity contribution in [3.63, 3.8) is 0 Å². The number of thioether (sulfide) groups is 1. The zero-order valence-electron chi connectivity index (χ0n) is 19.5. The van der Waals surface area contributed by atoms with Crippen LogP contribution in [-0.4, -0.2) is 17.1 Å². The molecule has 6 heteroatoms. The highest BCUT2D eigenvalue weighted by Gasteiger charge is 2.15. The third kappa shape index (κ3) is 6.74. The fraction of sp³-hybridized carbons (Fsp3) is 0.103. The van der Waals surface area contributed by atoms with E-state index in [2.05, 4.69) is 10.6 Å². The molecule has 2 N–H and O–H groups in total. The van der Waals surface area contributed by atoms with E-state index in [1.807, 2.05) is 111 Å². The van der Waals surface area contributed by atoms with Crippen LogP contribution in [0.3, 0.4) is 0 Å². The van der Waals surface area contributed by atoms with Gasteiger partial charge in [0.1, 0.15) is 11.5 Å². The summed E-state index contributed by atoms with van der Waals surface area (Å²) in [6.07, 6.45) is 0. The number of nitrogens with one attached hydrogen (secondary N) is 2. The zero-order chi connectivity index (χ0) is 24.6. The van der Waals surface area contributed by atoms with Gasteiger partial charge < -0.3 is 15.4 Å². The Morgan fingerprint density at radius 3 is 1.97 bits per heavy atom. The highest BCUT2D eigenvalue weighted by atomic mass is 32.2. The molecule has 0 saturated heterocycles. The highest BCUT2D eigenvalue weighted by Crippen LogP contribution is 2.27. The summed E-state index contributed by atoms with van der Waals surface area (Å²) < 4.78 is 5.79. The molecule has 1 unspecified atom stereocenters. The Bertz CT molecular complexity index is 1290. The quantitative estimate of drug-likeness (QED) is 0.262. The lowest BCUT2D eigenvalue weighted by Gasteiger charge is -2.13. The topological polar surface area (TPSA) is 67.4 Å². The molecule has 0 saturated carbocycles. The molecule has 176 valence electrons. The summed E-state index contributed by atoms with van der Waals surface area (Å²) in [4.78, 5) is 26.1. The first-order valence-corrected chi connectivity index (χ1v) is 12.1. The van der Waals surface area contributed by atoms with Gasteiger partial charge in [0.25, 0.3) is 5.91 Å². The van der Waals surface area contributed by atoms with Gasteiger partial charge in [-0.05, 0) is 86.1 Å². The van der Waals surface area contributed by atoms with E-state index in [4.69, 9.17) is 4.74 Å². The van der Waals surface area contributed by atoms with Crippen LogP contribution in [0.4, 0.5) is 11.4 Å². The Morgan fingerprint density at radius 2 is 1.29 bits per heavy atom. The van der Waals surface area contributed by atoms with Gasteiger partial charge >= 0.3 is 0 Å². The fourth-order valence-corrected chi connectivity index (χ4v) is 4.24. The third-order valence-electron chi connectivity index (χ3n) is 5.28. The minimum absolute atomic E-state index is 0.0938. The Balaban J connectivity index is 1.29. The standard InChI is InChI=1S/C29H26N2O3S/c1-20-8-6-7-11-27(20)29(33)31-23-14-18-26(19-15-23)35-21(2)28(32)30-22-12-16-25(17-13-22)34-24-9-4-3-5-10-24/h3-19,21H,1-2H3,(H,30,32)(H,31,33). The Labute approximate surface area is 209 Å². The van der Waals surface area contributed by atoms with Crippen LogP contribution in [-0.2, 0) is 4.79 Å². The van der Waals surface area contributed by atoms with Gasteiger partial charge in [0.05, 0.1) is 5.25 Å². The highest BCUT2D eigenvalue weighted by molar-refractivity contribution is 8.00. The molecular formula is C29H26N2O3S. The van der Waals surface area contributed by atoms with Crippen molar-refractivity contribution in [2.75, 3.05) is 10.6 Å². The molecular weight excluding hydrogens is 456 g/mol. The number of carbonyl (C=O) groups excluding carboxylic acids is 2. The van der Waals surface area contributed by atoms with E-state index in [0.29, 0.717) is 22.7 Å². The van der Waals surface area contributed by atoms with Crippen LogP contribution in [0.1, 0.15) is 22.8 Å². The van der Waals surface area contributed by atoms with Crippen molar-refractivity contribution in [2.45, 2.75) is 24.0 Å². The second-order valence-corrected chi connectivity index (χ2v) is 9.40. The number of para-hydroxylation sites is 1. The van der Waals surface area contributed by atoms with E-state index >= 15 is 0 Å². The van der Waals surface area contributed by atoms with Crippen molar-refractivity contribution in [3.8, 4) is 11.5 Å². The number of carbonyl (C=O) groups is 2. The average molecular weight is 483 g/mol. The maximum absolute atomic E-state index is 12.7. The summed E-state index contributed by atoms with van der Waals surface area (Å²) in [6.45, 7) is 3.77. The molecule has 0 aliphatic rings. The van der Waals surface area contributed by atoms with E-state index in [1.165, 1.54) is 11.8 Å². The monoisotopic (exact) mass is 482 g/mol. The van der Waals surface area contributed by atoms with Crippen molar-refractivity contribution in [1.82, 2.24) is 0 Å². The van der Waals surface area contributed by atoms with E-state index in [0.717, 1.165) is 16.2 Å². The minimum atomic E-state index is -0.303. The van der Waals surface area contributed by atoms with Crippen molar-refractivity contribution in [3.05, 3.63) is 114 Å². The van der Waals surface area contributed by atoms with Gasteiger partial charge in [-0.25, -0.2) is 0 Å². The molecule has 0 bridgehead atoms. The lowest BCUT2D eigenvalue weighted by atomic mass is 10.1. The number of ether oxygens (including phenoxy) is 1. The predicted molar refractivity (Wildman–Crippen MR) is 142 cm³/mol. The van der Waals surface area contributed by atoms with Crippen LogP contribution in [0, 0.1) is 6.92 Å². The summed E-state index contributed by atoms with van der Waals surface area (Å²) in [7, 11) is 0. The summed E-state index contributed by atoms with van der Waals surface area (Å²) >= 11 is 1.45. The first kappa shape index (κ1) is 24.1. The molecule has 0 heterocycles. The first-order valence-electron chi connectivity index (χ1n) is 11.3. The van der Waals surface area contributed by atoms with Crippen LogP contribution in [0.5, 0.6) is 11.5 Å². The smallest absolute Gasteiger partial charge is 0.255 e. The first-order chi connectivity index (χ1) is 17.0. The largest absolute Gasteiger partial charge is 0.457 e. The molecule has 4 aromatic carbocycles. The maximum Gasteiger partial charge on any atom is 0.255 e. The Kier molecular flexibility index (Phi) is 7.85. The lowest BCUT2D eigenvalue weighted by molar-refractivity contribution is -0.115. The maximum atomic E-state index is 12.7. The van der Waals surface area contributed by atoms with E-state index in [1.54, 1.807) is 6.07 Å². The van der Waals surface area contributed by atoms with Gasteiger partial charge in [-0.2, -0.15) is 0 Å². The molecule has 4 aromatic rings. The number of anilines is 2. The van der Waals surface area contributed by atoms with Crippen LogP contribution in [0.15, 0.2) is 108 Å². The molecule has 5 nitrogen and oxygen atoms in total. The van der Waals surface area contributed by atoms with Crippen molar-refractivity contribution >= 4 is 35.0 Å². The lowest BCUT2D eigenvalue weighted by Crippen LogP contribution is -2.22. The van der Waals surface area contributed by atoms with Gasteiger partial charge in [0, 0.05) is 21.8 Å². The molecule has 0 spiro atoms. The summed E-state index contributed by atoms with van der Waals surface area (Å²) in [6, 6.07) is 31.8. The van der Waals surface area contributed by atoms with Gasteiger partial charge in [-0.15, -0.1) is 11.8 Å². The van der Waals surface area contributed by atoms with Gasteiger partial charge in [-0.3, -0.25) is 9.59 Å². The second kappa shape index (κ2) is 11.4. The molecule has 0 radical (unpaired) electrons. The number of rotatable bonds is 8. The van der Waals surface area contributed by atoms with Crippen LogP contribution >= 0.6 is 11.8 Å². The molecule has 4 rings (SSSR count). The van der Waals surface area contributed by atoms with E-state index in [9.17, 15) is 9.59 Å². The van der Waals surface area contributed by atoms with Crippen molar-refractivity contribution in [1.29, 1.82) is 0 Å². The van der Waals surface area contributed by atoms with Crippen molar-refractivity contribution < 1.29 is 14.3 Å². The summed E-state index contributed by atoms with van der Waals surface area (Å²) in [5, 5.41) is 5.56. The van der Waals surface area contributed by atoms with Crippen LogP contribution < -0.4 is 15.4 Å². The average Bonchev–Trinajstić information content (AvgIpc) is 2.87. The summed E-state index contributed by atoms with van der Waals surface area (Å²) in [5.41, 5.74) is 2.99. The SMILES string of the molecule is Cc1ccccc1C(=O)Nc1ccc(SC(C)C(=O)Nc2ccc(Oc3ccccc3)cc2)cc1. The number of aryl methyl sites for hydroxylation is 1. The molecule has 0 fully saturated rings. The second-order valence-electron chi connectivity index (χ2n) is 7.98. The van der Waals surface area contributed by atoms with Crippen LogP contribution in [0.2, 0.25) is 0 Å².